The fourth-order valence-electron chi connectivity index (χ4n) is 1.44. The van der Waals surface area contributed by atoms with Gasteiger partial charge in [-0.3, -0.25) is 9.69 Å². The molecule has 4 heteroatoms. The molecule has 1 heterocycles. The Bertz CT molecular complexity index is 254. The van der Waals surface area contributed by atoms with Gasteiger partial charge in [0.2, 0.25) is 0 Å². The van der Waals surface area contributed by atoms with E-state index in [1.807, 2.05) is 0 Å². The molecule has 2 fully saturated rings. The van der Waals surface area contributed by atoms with Gasteiger partial charge in [-0.1, -0.05) is 0 Å². The summed E-state index contributed by atoms with van der Waals surface area (Å²) in [5.74, 6) is -0.699. The second-order valence-corrected chi connectivity index (χ2v) is 3.02. The van der Waals surface area contributed by atoms with Crippen molar-refractivity contribution in [2.24, 2.45) is 5.92 Å². The van der Waals surface area contributed by atoms with Crippen LogP contribution in [0.5, 0.6) is 0 Å². The molecule has 0 aromatic heterocycles. The Kier molecular flexibility index (Phi) is 1.44. The number of likely N-dealkylation sites (N-methyl/N-ethyl adjacent to an activating group) is 1. The number of carbonyl (C=O) groups is 1. The van der Waals surface area contributed by atoms with Gasteiger partial charge in [0.1, 0.15) is 6.04 Å². The molecule has 3 atom stereocenters. The van der Waals surface area contributed by atoms with Crippen molar-refractivity contribution in [3.8, 4) is 0 Å². The molecule has 0 aromatic rings. The monoisotopic (exact) mass is 151 g/mol. The molecule has 0 spiro atoms. The van der Waals surface area contributed by atoms with Crippen molar-refractivity contribution in [1.82, 2.24) is 4.90 Å². The van der Waals surface area contributed by atoms with Crippen molar-refractivity contribution in [1.29, 1.82) is 0 Å². The molecule has 1 saturated carbocycles. The van der Waals surface area contributed by atoms with Gasteiger partial charge < -0.3 is 5.11 Å². The van der Waals surface area contributed by atoms with E-state index in [0.717, 1.165) is 17.7 Å². The van der Waals surface area contributed by atoms with Crippen molar-refractivity contribution >= 4 is 24.8 Å². The number of carboxylic acid groups (broad SMARTS) is 1. The normalized spacial score (nSPS) is 46.2. The Hall–Kier alpha value is 0.0274. The summed E-state index contributed by atoms with van der Waals surface area (Å²) in [6.45, 7) is -2.24. The van der Waals surface area contributed by atoms with Gasteiger partial charge in [-0.2, -0.15) is 0 Å². The largest absolute Gasteiger partial charge is 0.480 e. The minimum atomic E-state index is -2.24. The number of nitrogens with zero attached hydrogens (tertiary/aromatic N) is 1. The number of rotatable bonds is 2. The second-order valence-electron chi connectivity index (χ2n) is 3.02. The van der Waals surface area contributed by atoms with Gasteiger partial charge >= 0.3 is 5.97 Å². The molecular weight excluding hydrogens is 137 g/mol. The van der Waals surface area contributed by atoms with Gasteiger partial charge in [-0.05, 0) is 25.7 Å². The molecule has 1 N–H and O–H groups in total. The summed E-state index contributed by atoms with van der Waals surface area (Å²) in [4.78, 5) is 11.8. The van der Waals surface area contributed by atoms with E-state index in [1.165, 1.54) is 0 Å². The maximum Gasteiger partial charge on any atom is 0.322 e. The van der Waals surface area contributed by atoms with Gasteiger partial charge in [0.05, 0.1) is 0 Å². The Labute approximate surface area is 82.1 Å². The molecule has 57 valence electrons. The van der Waals surface area contributed by atoms with E-state index in [9.17, 15) is 4.79 Å². The maximum absolute atomic E-state index is 10.7. The second kappa shape index (κ2) is 2.82. The van der Waals surface area contributed by atoms with Crippen LogP contribution >= 0.6 is 0 Å². The van der Waals surface area contributed by atoms with Crippen LogP contribution in [-0.4, -0.2) is 53.9 Å². The van der Waals surface area contributed by atoms with E-state index >= 15 is 0 Å². The van der Waals surface area contributed by atoms with Crippen LogP contribution in [-0.2, 0) is 4.79 Å². The van der Waals surface area contributed by atoms with Crippen LogP contribution < -0.4 is 0 Å². The summed E-state index contributed by atoms with van der Waals surface area (Å²) < 4.78 is 21.4. The summed E-state index contributed by atoms with van der Waals surface area (Å²) in [7, 11) is 0. The van der Waals surface area contributed by atoms with Gasteiger partial charge in [0, 0.05) is 29.0 Å². The fourth-order valence-corrected chi connectivity index (χ4v) is 1.44. The summed E-state index contributed by atoms with van der Waals surface area (Å²) >= 11 is 0. The molecule has 0 bridgehead atoms. The fraction of sp³-hybridized carbons (Fsp3) is 0.857. The third kappa shape index (κ3) is 1.46. The Morgan fingerprint density at radius 1 is 1.73 bits per heavy atom. The minimum absolute atomic E-state index is 0. The standard InChI is InChI=1S/C7H11NO2.Li/c1-8-5(4-2-3-4)6(8)7(9)10;/h4-6H,2-3H2,1H3,(H,9,10);/t5-,6-,8?;/m1./s1/i1D3;. The zero-order valence-corrected chi connectivity index (χ0v) is 6.45. The molecule has 1 saturated heterocycles. The van der Waals surface area contributed by atoms with Crippen LogP contribution in [0.3, 0.4) is 0 Å². The smallest absolute Gasteiger partial charge is 0.322 e. The molecule has 0 aromatic carbocycles. The van der Waals surface area contributed by atoms with E-state index in [2.05, 4.69) is 0 Å². The Morgan fingerprint density at radius 2 is 2.36 bits per heavy atom. The van der Waals surface area contributed by atoms with Crippen molar-refractivity contribution in [3.63, 3.8) is 0 Å². The molecule has 1 radical (unpaired) electrons. The quantitative estimate of drug-likeness (QED) is 0.438. The first kappa shape index (κ1) is 5.64. The van der Waals surface area contributed by atoms with Crippen LogP contribution in [0.15, 0.2) is 0 Å². The Balaban J connectivity index is 0.000000980. The summed E-state index contributed by atoms with van der Waals surface area (Å²) in [6, 6.07) is -0.995. The topological polar surface area (TPSA) is 40.3 Å². The zero-order valence-electron chi connectivity index (χ0n) is 9.45. The van der Waals surface area contributed by atoms with Gasteiger partial charge in [-0.25, -0.2) is 0 Å². The third-order valence-electron chi connectivity index (χ3n) is 2.21. The van der Waals surface area contributed by atoms with E-state index in [-0.39, 0.29) is 24.9 Å². The first-order valence-corrected chi connectivity index (χ1v) is 3.44. The van der Waals surface area contributed by atoms with Gasteiger partial charge in [0.15, 0.2) is 0 Å². The number of aliphatic carboxylic acids is 1. The van der Waals surface area contributed by atoms with Crippen LogP contribution in [0.1, 0.15) is 17.0 Å². The molecule has 1 unspecified atom stereocenters. The average molecular weight is 151 g/mol. The van der Waals surface area contributed by atoms with Crippen LogP contribution in [0.25, 0.3) is 0 Å². The van der Waals surface area contributed by atoms with E-state index in [0.29, 0.717) is 5.92 Å². The molecule has 2 aliphatic rings. The van der Waals surface area contributed by atoms with Gasteiger partial charge in [0.25, 0.3) is 0 Å². The average Bonchev–Trinajstić information content (AvgIpc) is 2.79. The van der Waals surface area contributed by atoms with Crippen molar-refractivity contribution in [2.75, 3.05) is 6.98 Å². The predicted octanol–water partition coefficient (Wildman–Crippen LogP) is -0.217. The summed E-state index contributed by atoms with van der Waals surface area (Å²) in [5, 5.41) is 8.74. The first-order valence-electron chi connectivity index (χ1n) is 4.94. The molecule has 2 rings (SSSR count). The molecule has 11 heavy (non-hydrogen) atoms. The number of carboxylic acids is 1. The van der Waals surface area contributed by atoms with Gasteiger partial charge in [-0.15, -0.1) is 0 Å². The predicted molar refractivity (Wildman–Crippen MR) is 41.5 cm³/mol. The van der Waals surface area contributed by atoms with E-state index in [4.69, 9.17) is 9.22 Å². The van der Waals surface area contributed by atoms with Crippen molar-refractivity contribution in [2.45, 2.75) is 24.9 Å². The summed E-state index contributed by atoms with van der Waals surface area (Å²) in [5.41, 5.74) is 0. The van der Waals surface area contributed by atoms with E-state index < -0.39 is 19.0 Å². The number of hydrogen-bond donors (Lipinski definition) is 1. The number of hydrogen-bond acceptors (Lipinski definition) is 2. The van der Waals surface area contributed by atoms with Crippen LogP contribution in [0, 0.1) is 5.92 Å². The molecular formula is C7H11LiNO2. The van der Waals surface area contributed by atoms with E-state index in [1.54, 1.807) is 0 Å². The molecule has 1 aliphatic carbocycles. The summed E-state index contributed by atoms with van der Waals surface area (Å²) in [6.07, 6.45) is 1.95. The molecule has 3 nitrogen and oxygen atoms in total. The van der Waals surface area contributed by atoms with Crippen LogP contribution in [0.4, 0.5) is 0 Å². The van der Waals surface area contributed by atoms with Crippen molar-refractivity contribution < 1.29 is 14.0 Å². The van der Waals surface area contributed by atoms with Crippen molar-refractivity contribution in [3.05, 3.63) is 0 Å². The zero-order chi connectivity index (χ0) is 9.80. The first-order chi connectivity index (χ1) is 5.93. The SMILES string of the molecule is [2H]C([2H])([2H])N1[C@H](C2CC2)[C@@H]1C(=O)O.[Li]. The molecule has 1 aliphatic heterocycles. The third-order valence-corrected chi connectivity index (χ3v) is 2.21. The maximum atomic E-state index is 10.7. The Morgan fingerprint density at radius 3 is 2.64 bits per heavy atom. The van der Waals surface area contributed by atoms with Crippen LogP contribution in [0.2, 0.25) is 0 Å². The molecule has 0 amide bonds. The minimum Gasteiger partial charge on any atom is -0.480 e.